The van der Waals surface area contributed by atoms with E-state index in [0.717, 1.165) is 44.0 Å². The zero-order valence-electron chi connectivity index (χ0n) is 15.0. The molecule has 1 amide bonds. The summed E-state index contributed by atoms with van der Waals surface area (Å²) in [5, 5.41) is 6.22. The number of carbonyl (C=O) groups excluding carboxylic acids is 1. The minimum Gasteiger partial charge on any atom is -0.379 e. The molecule has 1 saturated heterocycles. The molecule has 1 aliphatic rings. The molecule has 0 radical (unpaired) electrons. The number of carbonyl (C=O) groups is 1. The lowest BCUT2D eigenvalue weighted by Gasteiger charge is -2.30. The van der Waals surface area contributed by atoms with Crippen molar-refractivity contribution in [2.75, 3.05) is 39.4 Å². The first kappa shape index (κ1) is 18.3. The van der Waals surface area contributed by atoms with Crippen LogP contribution in [-0.4, -0.2) is 65.3 Å². The van der Waals surface area contributed by atoms with Crippen LogP contribution in [0.1, 0.15) is 21.6 Å². The Morgan fingerprint density at radius 2 is 2.08 bits per heavy atom. The molecule has 0 bridgehead atoms. The quantitative estimate of drug-likeness (QED) is 0.837. The average molecular weight is 356 g/mol. The van der Waals surface area contributed by atoms with E-state index < -0.39 is 0 Å². The number of hydrogen-bond acceptors (Lipinski definition) is 5. The molecule has 1 N–H and O–H groups in total. The highest BCUT2D eigenvalue weighted by atomic mass is 16.5. The van der Waals surface area contributed by atoms with Crippen LogP contribution in [-0.2, 0) is 11.3 Å². The van der Waals surface area contributed by atoms with Crippen LogP contribution in [0.25, 0.3) is 0 Å². The molecular formula is C19H24N4O3. The van der Waals surface area contributed by atoms with E-state index in [2.05, 4.69) is 21.2 Å². The summed E-state index contributed by atoms with van der Waals surface area (Å²) in [6.07, 6.45) is 0. The van der Waals surface area contributed by atoms with E-state index >= 15 is 0 Å². The number of aromatic amines is 1. The van der Waals surface area contributed by atoms with Gasteiger partial charge in [-0.3, -0.25) is 14.5 Å². The van der Waals surface area contributed by atoms with Gasteiger partial charge in [-0.25, -0.2) is 5.10 Å². The number of aryl methyl sites for hydroxylation is 1. The second-order valence-electron chi connectivity index (χ2n) is 6.48. The minimum atomic E-state index is -0.319. The largest absolute Gasteiger partial charge is 0.379 e. The second-order valence-corrected chi connectivity index (χ2v) is 6.48. The van der Waals surface area contributed by atoms with Gasteiger partial charge in [0.05, 0.1) is 13.2 Å². The van der Waals surface area contributed by atoms with Gasteiger partial charge in [-0.1, -0.05) is 29.8 Å². The van der Waals surface area contributed by atoms with Crippen molar-refractivity contribution in [2.24, 2.45) is 0 Å². The number of aromatic nitrogens is 2. The predicted octanol–water partition coefficient (Wildman–Crippen LogP) is 1.05. The van der Waals surface area contributed by atoms with Gasteiger partial charge in [0.15, 0.2) is 0 Å². The molecule has 0 aliphatic carbocycles. The van der Waals surface area contributed by atoms with Gasteiger partial charge in [0, 0.05) is 38.8 Å². The minimum absolute atomic E-state index is 0.184. The van der Waals surface area contributed by atoms with Gasteiger partial charge in [-0.05, 0) is 18.6 Å². The zero-order valence-corrected chi connectivity index (χ0v) is 15.0. The van der Waals surface area contributed by atoms with Crippen molar-refractivity contribution >= 4 is 5.91 Å². The third-order valence-corrected chi connectivity index (χ3v) is 4.43. The maximum absolute atomic E-state index is 12.9. The van der Waals surface area contributed by atoms with Gasteiger partial charge < -0.3 is 9.64 Å². The smallest absolute Gasteiger partial charge is 0.274 e. The van der Waals surface area contributed by atoms with Crippen LogP contribution in [0.3, 0.4) is 0 Å². The van der Waals surface area contributed by atoms with Crippen molar-refractivity contribution in [3.8, 4) is 0 Å². The van der Waals surface area contributed by atoms with Crippen molar-refractivity contribution in [3.63, 3.8) is 0 Å². The summed E-state index contributed by atoms with van der Waals surface area (Å²) in [4.78, 5) is 28.2. The number of H-pyrrole nitrogens is 1. The van der Waals surface area contributed by atoms with Crippen LogP contribution in [0.4, 0.5) is 0 Å². The monoisotopic (exact) mass is 356 g/mol. The molecule has 7 heteroatoms. The normalized spacial score (nSPS) is 15.0. The molecule has 1 fully saturated rings. The number of amides is 1. The Bertz CT molecular complexity index is 779. The Balaban J connectivity index is 1.74. The van der Waals surface area contributed by atoms with E-state index in [1.54, 1.807) is 4.90 Å². The van der Waals surface area contributed by atoms with Crippen molar-refractivity contribution in [3.05, 3.63) is 63.6 Å². The molecule has 7 nitrogen and oxygen atoms in total. The Morgan fingerprint density at radius 3 is 2.77 bits per heavy atom. The first-order chi connectivity index (χ1) is 12.6. The number of rotatable bonds is 6. The maximum atomic E-state index is 12.9. The lowest BCUT2D eigenvalue weighted by Crippen LogP contribution is -2.43. The van der Waals surface area contributed by atoms with Crippen molar-refractivity contribution in [2.45, 2.75) is 13.5 Å². The number of nitrogens with zero attached hydrogens (tertiary/aromatic N) is 3. The first-order valence-electron chi connectivity index (χ1n) is 8.82. The standard InChI is InChI=1S/C19H24N4O3/c1-15-3-2-4-16(13-15)14-23(8-7-22-9-11-26-12-10-22)19(25)17-5-6-18(24)21-20-17/h2-6,13H,7-12,14H2,1H3,(H,21,24). The van der Waals surface area contributed by atoms with Gasteiger partial charge in [0.2, 0.25) is 0 Å². The number of nitrogens with one attached hydrogen (secondary N) is 1. The van der Waals surface area contributed by atoms with Gasteiger partial charge in [-0.2, -0.15) is 5.10 Å². The van der Waals surface area contributed by atoms with E-state index in [4.69, 9.17) is 4.74 Å². The van der Waals surface area contributed by atoms with E-state index in [1.807, 2.05) is 25.1 Å². The Morgan fingerprint density at radius 1 is 1.27 bits per heavy atom. The molecular weight excluding hydrogens is 332 g/mol. The highest BCUT2D eigenvalue weighted by Crippen LogP contribution is 2.11. The lowest BCUT2D eigenvalue weighted by atomic mass is 10.1. The van der Waals surface area contributed by atoms with Crippen LogP contribution >= 0.6 is 0 Å². The summed E-state index contributed by atoms with van der Waals surface area (Å²) >= 11 is 0. The Hall–Kier alpha value is -2.51. The fourth-order valence-corrected chi connectivity index (χ4v) is 3.00. The summed E-state index contributed by atoms with van der Waals surface area (Å²) in [5.41, 5.74) is 2.16. The highest BCUT2D eigenvalue weighted by molar-refractivity contribution is 5.92. The van der Waals surface area contributed by atoms with E-state index in [-0.39, 0.29) is 17.2 Å². The predicted molar refractivity (Wildman–Crippen MR) is 98.0 cm³/mol. The van der Waals surface area contributed by atoms with E-state index in [1.165, 1.54) is 12.1 Å². The summed E-state index contributed by atoms with van der Waals surface area (Å²) in [6.45, 7) is 7.13. The zero-order chi connectivity index (χ0) is 18.4. The first-order valence-corrected chi connectivity index (χ1v) is 8.82. The topological polar surface area (TPSA) is 78.5 Å². The fraction of sp³-hybridized carbons (Fsp3) is 0.421. The van der Waals surface area contributed by atoms with Crippen molar-refractivity contribution in [1.29, 1.82) is 0 Å². The second kappa shape index (κ2) is 8.73. The molecule has 26 heavy (non-hydrogen) atoms. The summed E-state index contributed by atoms with van der Waals surface area (Å²) in [6, 6.07) is 10.9. The molecule has 138 valence electrons. The SMILES string of the molecule is Cc1cccc(CN(CCN2CCOCC2)C(=O)c2ccc(=O)[nH]n2)c1. The third kappa shape index (κ3) is 5.00. The molecule has 0 atom stereocenters. The number of ether oxygens (including phenoxy) is 1. The molecule has 2 heterocycles. The summed E-state index contributed by atoms with van der Waals surface area (Å²) in [7, 11) is 0. The highest BCUT2D eigenvalue weighted by Gasteiger charge is 2.20. The van der Waals surface area contributed by atoms with Crippen LogP contribution in [0, 0.1) is 6.92 Å². The van der Waals surface area contributed by atoms with Gasteiger partial charge in [-0.15, -0.1) is 0 Å². The van der Waals surface area contributed by atoms with Crippen LogP contribution in [0.5, 0.6) is 0 Å². The van der Waals surface area contributed by atoms with E-state index in [0.29, 0.717) is 13.1 Å². The number of benzene rings is 1. The molecule has 0 spiro atoms. The summed E-state index contributed by atoms with van der Waals surface area (Å²) in [5.74, 6) is -0.184. The van der Waals surface area contributed by atoms with Crippen LogP contribution in [0.15, 0.2) is 41.2 Å². The molecule has 0 saturated carbocycles. The van der Waals surface area contributed by atoms with Gasteiger partial charge in [0.1, 0.15) is 5.69 Å². The maximum Gasteiger partial charge on any atom is 0.274 e. The molecule has 2 aromatic rings. The van der Waals surface area contributed by atoms with Crippen molar-refractivity contribution in [1.82, 2.24) is 20.0 Å². The molecule has 1 aromatic carbocycles. The van der Waals surface area contributed by atoms with Gasteiger partial charge in [0.25, 0.3) is 11.5 Å². The average Bonchev–Trinajstić information content (AvgIpc) is 2.66. The van der Waals surface area contributed by atoms with Crippen LogP contribution < -0.4 is 5.56 Å². The van der Waals surface area contributed by atoms with Crippen LogP contribution in [0.2, 0.25) is 0 Å². The lowest BCUT2D eigenvalue weighted by molar-refractivity contribution is 0.0319. The molecule has 0 unspecified atom stereocenters. The number of morpholine rings is 1. The Kier molecular flexibility index (Phi) is 6.14. The molecule has 1 aliphatic heterocycles. The van der Waals surface area contributed by atoms with Gasteiger partial charge >= 0.3 is 0 Å². The van der Waals surface area contributed by atoms with Crippen molar-refractivity contribution < 1.29 is 9.53 Å². The third-order valence-electron chi connectivity index (χ3n) is 4.43. The van der Waals surface area contributed by atoms with E-state index in [9.17, 15) is 9.59 Å². The molecule has 3 rings (SSSR count). The fourth-order valence-electron chi connectivity index (χ4n) is 3.00. The molecule has 1 aromatic heterocycles. The Labute approximate surface area is 152 Å². The number of hydrogen-bond donors (Lipinski definition) is 1. The summed E-state index contributed by atoms with van der Waals surface area (Å²) < 4.78 is 5.38.